The van der Waals surface area contributed by atoms with E-state index in [1.807, 2.05) is 20.8 Å². The predicted octanol–water partition coefficient (Wildman–Crippen LogP) is 0.599. The van der Waals surface area contributed by atoms with E-state index in [0.29, 0.717) is 10.7 Å². The molecule has 3 nitrogen and oxygen atoms in total. The first-order valence-corrected chi connectivity index (χ1v) is 4.14. The quantitative estimate of drug-likeness (QED) is 0.632. The third kappa shape index (κ3) is 2.28. The van der Waals surface area contributed by atoms with Crippen molar-refractivity contribution in [3.8, 4) is 0 Å². The minimum absolute atomic E-state index is 0.250. The molecule has 1 aromatic rings. The van der Waals surface area contributed by atoms with Gasteiger partial charge in [0.1, 0.15) is 11.1 Å². The van der Waals surface area contributed by atoms with Crippen LogP contribution in [0.25, 0.3) is 12.3 Å². The van der Waals surface area contributed by atoms with Gasteiger partial charge in [-0.2, -0.15) is 5.10 Å². The van der Waals surface area contributed by atoms with Crippen molar-refractivity contribution >= 4 is 12.3 Å². The van der Waals surface area contributed by atoms with Crippen LogP contribution in [0.4, 0.5) is 0 Å². The van der Waals surface area contributed by atoms with Gasteiger partial charge in [-0.15, -0.1) is 5.10 Å². The van der Waals surface area contributed by atoms with Crippen molar-refractivity contribution in [2.75, 3.05) is 0 Å². The standard InChI is InChI=1S/C10H14N2O/c1-7-5-6-8(12-11-7)9(13)10(2,3)4/h5-6,13H,1H2,2-4H3. The maximum absolute atomic E-state index is 9.74. The zero-order chi connectivity index (χ0) is 10.1. The highest BCUT2D eigenvalue weighted by atomic mass is 16.3. The van der Waals surface area contributed by atoms with Crippen LogP contribution in [0.3, 0.4) is 0 Å². The molecule has 0 aromatic carbocycles. The summed E-state index contributed by atoms with van der Waals surface area (Å²) in [5, 5.41) is 18.5. The molecule has 0 bridgehead atoms. The first kappa shape index (κ1) is 9.71. The SMILES string of the molecule is C=c1ccc(=C(O)C(C)(C)C)nn1. The molecule has 0 saturated carbocycles. The number of aliphatic hydroxyl groups excluding tert-OH is 1. The van der Waals surface area contributed by atoms with Crippen LogP contribution in [-0.2, 0) is 0 Å². The minimum atomic E-state index is -0.294. The van der Waals surface area contributed by atoms with Crippen LogP contribution >= 0.6 is 0 Å². The summed E-state index contributed by atoms with van der Waals surface area (Å²) in [5.41, 5.74) is -0.294. The van der Waals surface area contributed by atoms with Gasteiger partial charge in [0.05, 0.1) is 5.35 Å². The molecule has 3 heteroatoms. The maximum Gasteiger partial charge on any atom is 0.125 e. The zero-order valence-corrected chi connectivity index (χ0v) is 8.20. The molecule has 0 aliphatic heterocycles. The Labute approximate surface area is 77.4 Å². The van der Waals surface area contributed by atoms with Gasteiger partial charge >= 0.3 is 0 Å². The van der Waals surface area contributed by atoms with E-state index in [1.54, 1.807) is 12.1 Å². The van der Waals surface area contributed by atoms with Gasteiger partial charge in [-0.3, -0.25) is 0 Å². The second-order valence-corrected chi connectivity index (χ2v) is 4.01. The highest BCUT2D eigenvalue weighted by Crippen LogP contribution is 2.21. The summed E-state index contributed by atoms with van der Waals surface area (Å²) >= 11 is 0. The Bertz CT molecular complexity index is 380. The molecule has 1 aromatic heterocycles. The van der Waals surface area contributed by atoms with Crippen molar-refractivity contribution in [1.29, 1.82) is 0 Å². The molecule has 1 heterocycles. The second-order valence-electron chi connectivity index (χ2n) is 4.01. The minimum Gasteiger partial charge on any atom is -0.509 e. The molecule has 0 spiro atoms. The summed E-state index contributed by atoms with van der Waals surface area (Å²) in [6, 6.07) is 3.44. The third-order valence-corrected chi connectivity index (χ3v) is 1.67. The smallest absolute Gasteiger partial charge is 0.125 e. The number of aromatic nitrogens is 2. The van der Waals surface area contributed by atoms with Crippen LogP contribution in [0.15, 0.2) is 12.1 Å². The highest BCUT2D eigenvalue weighted by Gasteiger charge is 2.17. The normalized spacial score (nSPS) is 14.1. The lowest BCUT2D eigenvalue weighted by molar-refractivity contribution is 0.367. The number of hydrogen-bond acceptors (Lipinski definition) is 3. The summed E-state index contributed by atoms with van der Waals surface area (Å²) in [6.07, 6.45) is 0. The molecule has 0 aliphatic rings. The zero-order valence-electron chi connectivity index (χ0n) is 8.20. The number of aliphatic hydroxyl groups is 1. The molecular formula is C10H14N2O. The predicted molar refractivity (Wildman–Crippen MR) is 52.3 cm³/mol. The molecule has 1 rings (SSSR count). The van der Waals surface area contributed by atoms with Crippen molar-refractivity contribution in [2.45, 2.75) is 20.8 Å². The van der Waals surface area contributed by atoms with Crippen molar-refractivity contribution in [2.24, 2.45) is 5.41 Å². The third-order valence-electron chi connectivity index (χ3n) is 1.67. The lowest BCUT2D eigenvalue weighted by Crippen LogP contribution is -2.24. The lowest BCUT2D eigenvalue weighted by Gasteiger charge is -2.16. The topological polar surface area (TPSA) is 46.0 Å². The van der Waals surface area contributed by atoms with Crippen LogP contribution in [0, 0.1) is 5.41 Å². The van der Waals surface area contributed by atoms with E-state index in [2.05, 4.69) is 16.8 Å². The molecule has 1 N–H and O–H groups in total. The average molecular weight is 178 g/mol. The highest BCUT2D eigenvalue weighted by molar-refractivity contribution is 5.37. The second kappa shape index (κ2) is 3.17. The summed E-state index contributed by atoms with van der Waals surface area (Å²) in [7, 11) is 0. The Morgan fingerprint density at radius 3 is 2.31 bits per heavy atom. The molecule has 0 unspecified atom stereocenters. The Morgan fingerprint density at radius 1 is 1.31 bits per heavy atom. The van der Waals surface area contributed by atoms with Crippen LogP contribution in [0.1, 0.15) is 20.8 Å². The average Bonchev–Trinajstić information content (AvgIpc) is 2.03. The van der Waals surface area contributed by atoms with Crippen LogP contribution < -0.4 is 10.7 Å². The largest absolute Gasteiger partial charge is 0.509 e. The maximum atomic E-state index is 9.74. The summed E-state index contributed by atoms with van der Waals surface area (Å²) in [6.45, 7) is 9.37. The molecule has 0 amide bonds. The van der Waals surface area contributed by atoms with Crippen molar-refractivity contribution in [3.63, 3.8) is 0 Å². The molecule has 0 aliphatic carbocycles. The van der Waals surface area contributed by atoms with Crippen LogP contribution in [0.5, 0.6) is 0 Å². The van der Waals surface area contributed by atoms with Gasteiger partial charge in [0.2, 0.25) is 0 Å². The monoisotopic (exact) mass is 178 g/mol. The van der Waals surface area contributed by atoms with Gasteiger partial charge in [-0.25, -0.2) is 0 Å². The van der Waals surface area contributed by atoms with Gasteiger partial charge in [-0.05, 0) is 12.1 Å². The summed E-state index contributed by atoms with van der Waals surface area (Å²) in [5.74, 6) is 0.250. The molecule has 13 heavy (non-hydrogen) atoms. The first-order chi connectivity index (χ1) is 5.91. The summed E-state index contributed by atoms with van der Waals surface area (Å²) in [4.78, 5) is 0. The summed E-state index contributed by atoms with van der Waals surface area (Å²) < 4.78 is 0. The molecule has 0 atom stereocenters. The van der Waals surface area contributed by atoms with Gasteiger partial charge in [-0.1, -0.05) is 27.4 Å². The first-order valence-electron chi connectivity index (χ1n) is 4.14. The van der Waals surface area contributed by atoms with Crippen molar-refractivity contribution < 1.29 is 5.11 Å². The van der Waals surface area contributed by atoms with Gasteiger partial charge in [0, 0.05) is 5.41 Å². The number of rotatable bonds is 0. The van der Waals surface area contributed by atoms with E-state index in [-0.39, 0.29) is 11.2 Å². The van der Waals surface area contributed by atoms with E-state index in [0.717, 1.165) is 0 Å². The fourth-order valence-electron chi connectivity index (χ4n) is 0.870. The van der Waals surface area contributed by atoms with Crippen molar-refractivity contribution in [3.05, 3.63) is 22.8 Å². The molecule has 0 fully saturated rings. The van der Waals surface area contributed by atoms with E-state index < -0.39 is 0 Å². The van der Waals surface area contributed by atoms with E-state index in [4.69, 9.17) is 0 Å². The van der Waals surface area contributed by atoms with Gasteiger partial charge < -0.3 is 5.11 Å². The molecule has 0 radical (unpaired) electrons. The molecular weight excluding hydrogens is 164 g/mol. The fourth-order valence-corrected chi connectivity index (χ4v) is 0.870. The van der Waals surface area contributed by atoms with Crippen molar-refractivity contribution in [1.82, 2.24) is 10.2 Å². The molecule has 70 valence electrons. The van der Waals surface area contributed by atoms with E-state index in [1.165, 1.54) is 0 Å². The Hall–Kier alpha value is -1.38. The number of hydrogen-bond donors (Lipinski definition) is 1. The van der Waals surface area contributed by atoms with Crippen LogP contribution in [-0.4, -0.2) is 15.3 Å². The van der Waals surface area contributed by atoms with E-state index in [9.17, 15) is 5.11 Å². The Morgan fingerprint density at radius 2 is 1.92 bits per heavy atom. The molecule has 0 saturated heterocycles. The number of nitrogens with zero attached hydrogens (tertiary/aromatic N) is 2. The van der Waals surface area contributed by atoms with Crippen LogP contribution in [0.2, 0.25) is 0 Å². The fraction of sp³-hybridized carbons (Fsp3) is 0.400. The Kier molecular flexibility index (Phi) is 2.36. The lowest BCUT2D eigenvalue weighted by atomic mass is 9.94. The Balaban J connectivity index is 3.35. The van der Waals surface area contributed by atoms with E-state index >= 15 is 0 Å². The van der Waals surface area contributed by atoms with Gasteiger partial charge in [0.25, 0.3) is 0 Å². The van der Waals surface area contributed by atoms with Gasteiger partial charge in [0.15, 0.2) is 0 Å².